The first-order chi connectivity index (χ1) is 9.77. The van der Waals surface area contributed by atoms with Crippen molar-refractivity contribution < 1.29 is 17.2 Å². The van der Waals surface area contributed by atoms with Crippen LogP contribution in [0.5, 0.6) is 0 Å². The van der Waals surface area contributed by atoms with E-state index in [0.717, 1.165) is 12.1 Å². The molecule has 0 fully saturated rings. The zero-order valence-electron chi connectivity index (χ0n) is 10.2. The first-order valence-electron chi connectivity index (χ1n) is 5.67. The summed E-state index contributed by atoms with van der Waals surface area (Å²) in [6, 6.07) is 1.88. The third kappa shape index (κ3) is 2.67. The largest absolute Gasteiger partial charge is 0.231 e. The van der Waals surface area contributed by atoms with E-state index in [2.05, 4.69) is 25.9 Å². The van der Waals surface area contributed by atoms with Gasteiger partial charge in [0.25, 0.3) is 0 Å². The van der Waals surface area contributed by atoms with Crippen LogP contribution >= 0.6 is 27.5 Å². The standard InChI is InChI=1S/C12H6BrClF2N2O2S/c13-7-2-8(15)5(1-9(7)16)12-17-10-4-21(19,20)3-6(10)11(14)18-12/h1-2H,3-4H2. The predicted molar refractivity (Wildman–Crippen MR) is 76.4 cm³/mol. The van der Waals surface area contributed by atoms with Gasteiger partial charge in [-0.05, 0) is 28.1 Å². The summed E-state index contributed by atoms with van der Waals surface area (Å²) < 4.78 is 50.6. The number of fused-ring (bicyclic) bond motifs is 1. The molecule has 21 heavy (non-hydrogen) atoms. The Morgan fingerprint density at radius 1 is 1.14 bits per heavy atom. The number of halogens is 4. The van der Waals surface area contributed by atoms with Gasteiger partial charge in [0.1, 0.15) is 16.8 Å². The molecule has 0 atom stereocenters. The van der Waals surface area contributed by atoms with Crippen molar-refractivity contribution in [3.63, 3.8) is 0 Å². The summed E-state index contributed by atoms with van der Waals surface area (Å²) in [6.07, 6.45) is 0. The lowest BCUT2D eigenvalue weighted by Gasteiger charge is -2.07. The molecule has 0 saturated heterocycles. The molecular formula is C12H6BrClF2N2O2S. The molecule has 0 aliphatic carbocycles. The van der Waals surface area contributed by atoms with Gasteiger partial charge in [-0.25, -0.2) is 27.2 Å². The molecule has 2 aromatic rings. The molecule has 4 nitrogen and oxygen atoms in total. The third-order valence-electron chi connectivity index (χ3n) is 3.01. The molecule has 0 saturated carbocycles. The summed E-state index contributed by atoms with van der Waals surface area (Å²) in [5.74, 6) is -2.07. The summed E-state index contributed by atoms with van der Waals surface area (Å²) in [5.41, 5.74) is 0.371. The number of sulfone groups is 1. The van der Waals surface area contributed by atoms with E-state index in [9.17, 15) is 17.2 Å². The number of aromatic nitrogens is 2. The van der Waals surface area contributed by atoms with Crippen molar-refractivity contribution in [2.24, 2.45) is 0 Å². The Morgan fingerprint density at radius 3 is 2.57 bits per heavy atom. The van der Waals surface area contributed by atoms with E-state index < -0.39 is 21.5 Å². The zero-order valence-corrected chi connectivity index (χ0v) is 13.4. The fraction of sp³-hybridized carbons (Fsp3) is 0.167. The maximum Gasteiger partial charge on any atom is 0.164 e. The van der Waals surface area contributed by atoms with E-state index >= 15 is 0 Å². The lowest BCUT2D eigenvalue weighted by atomic mass is 10.1. The first-order valence-corrected chi connectivity index (χ1v) is 8.67. The van der Waals surface area contributed by atoms with Gasteiger partial charge < -0.3 is 0 Å². The smallest absolute Gasteiger partial charge is 0.164 e. The Bertz CT molecular complexity index is 874. The van der Waals surface area contributed by atoms with Crippen LogP contribution in [0.15, 0.2) is 16.6 Å². The van der Waals surface area contributed by atoms with Crippen molar-refractivity contribution in [1.29, 1.82) is 0 Å². The number of benzene rings is 1. The highest BCUT2D eigenvalue weighted by molar-refractivity contribution is 9.10. The predicted octanol–water partition coefficient (Wildman–Crippen LogP) is 3.27. The fourth-order valence-electron chi connectivity index (χ4n) is 2.06. The second-order valence-corrected chi connectivity index (χ2v) is 7.82. The molecule has 0 spiro atoms. The van der Waals surface area contributed by atoms with Crippen molar-refractivity contribution >= 4 is 37.4 Å². The molecule has 0 radical (unpaired) electrons. The normalized spacial score (nSPS) is 16.0. The van der Waals surface area contributed by atoms with Gasteiger partial charge in [0, 0.05) is 5.56 Å². The molecule has 0 amide bonds. The van der Waals surface area contributed by atoms with Crippen LogP contribution in [-0.2, 0) is 21.3 Å². The lowest BCUT2D eigenvalue weighted by molar-refractivity contribution is 0.596. The van der Waals surface area contributed by atoms with E-state index in [1.165, 1.54) is 0 Å². The quantitative estimate of drug-likeness (QED) is 0.549. The Balaban J connectivity index is 2.19. The summed E-state index contributed by atoms with van der Waals surface area (Å²) in [5, 5.41) is -0.0567. The molecule has 1 aromatic heterocycles. The van der Waals surface area contributed by atoms with E-state index in [0.29, 0.717) is 5.56 Å². The average Bonchev–Trinajstić information content (AvgIpc) is 2.68. The van der Waals surface area contributed by atoms with Gasteiger partial charge in [0.05, 0.1) is 27.2 Å². The molecule has 2 heterocycles. The van der Waals surface area contributed by atoms with E-state index in [4.69, 9.17) is 11.6 Å². The van der Waals surface area contributed by atoms with Gasteiger partial charge in [-0.1, -0.05) is 11.6 Å². The Labute approximate surface area is 132 Å². The summed E-state index contributed by atoms with van der Waals surface area (Å²) in [4.78, 5) is 7.90. The average molecular weight is 396 g/mol. The molecule has 3 rings (SSSR count). The van der Waals surface area contributed by atoms with Gasteiger partial charge in [-0.3, -0.25) is 0 Å². The minimum absolute atomic E-state index is 0.0291. The SMILES string of the molecule is O=S1(=O)Cc2nc(-c3cc(F)c(Br)cc3F)nc(Cl)c2C1. The lowest BCUT2D eigenvalue weighted by Crippen LogP contribution is -2.00. The van der Waals surface area contributed by atoms with Crippen LogP contribution in [0.1, 0.15) is 11.3 Å². The van der Waals surface area contributed by atoms with Gasteiger partial charge >= 0.3 is 0 Å². The van der Waals surface area contributed by atoms with Crippen LogP contribution < -0.4 is 0 Å². The minimum Gasteiger partial charge on any atom is -0.231 e. The monoisotopic (exact) mass is 394 g/mol. The van der Waals surface area contributed by atoms with Crippen molar-refractivity contribution in [1.82, 2.24) is 9.97 Å². The van der Waals surface area contributed by atoms with Gasteiger partial charge in [-0.2, -0.15) is 0 Å². The Hall–Kier alpha value is -1.12. The summed E-state index contributed by atoms with van der Waals surface area (Å²) in [6.45, 7) is 0. The second-order valence-electron chi connectivity index (χ2n) is 4.54. The van der Waals surface area contributed by atoms with E-state index in [1.807, 2.05) is 0 Å². The van der Waals surface area contributed by atoms with Crippen LogP contribution in [0.4, 0.5) is 8.78 Å². The molecular weight excluding hydrogens is 390 g/mol. The third-order valence-corrected chi connectivity index (χ3v) is 5.38. The molecule has 9 heteroatoms. The fourth-order valence-corrected chi connectivity index (χ4v) is 4.21. The zero-order chi connectivity index (χ0) is 15.4. The molecule has 0 bridgehead atoms. The van der Waals surface area contributed by atoms with E-state index in [1.54, 1.807) is 0 Å². The minimum atomic E-state index is -3.31. The maximum absolute atomic E-state index is 13.9. The van der Waals surface area contributed by atoms with Crippen molar-refractivity contribution in [3.8, 4) is 11.4 Å². The molecule has 1 aromatic carbocycles. The van der Waals surface area contributed by atoms with Gasteiger partial charge in [0.2, 0.25) is 0 Å². The Kier molecular flexibility index (Phi) is 3.50. The molecule has 1 aliphatic rings. The topological polar surface area (TPSA) is 59.9 Å². The van der Waals surface area contributed by atoms with Gasteiger partial charge in [0.15, 0.2) is 15.7 Å². The molecule has 110 valence electrons. The molecule has 1 aliphatic heterocycles. The van der Waals surface area contributed by atoms with Crippen LogP contribution in [0.3, 0.4) is 0 Å². The number of rotatable bonds is 1. The number of hydrogen-bond acceptors (Lipinski definition) is 4. The van der Waals surface area contributed by atoms with Crippen LogP contribution in [-0.4, -0.2) is 18.4 Å². The van der Waals surface area contributed by atoms with Crippen molar-refractivity contribution in [2.75, 3.05) is 0 Å². The number of nitrogens with zero attached hydrogens (tertiary/aromatic N) is 2. The summed E-state index contributed by atoms with van der Waals surface area (Å²) in [7, 11) is -3.31. The highest BCUT2D eigenvalue weighted by Crippen LogP contribution is 2.32. The maximum atomic E-state index is 13.9. The summed E-state index contributed by atoms with van der Waals surface area (Å²) >= 11 is 8.81. The molecule has 0 unspecified atom stereocenters. The first kappa shape index (κ1) is 14.8. The van der Waals surface area contributed by atoms with Crippen LogP contribution in [0, 0.1) is 11.6 Å². The highest BCUT2D eigenvalue weighted by atomic mass is 79.9. The van der Waals surface area contributed by atoms with Crippen molar-refractivity contribution in [3.05, 3.63) is 44.7 Å². The highest BCUT2D eigenvalue weighted by Gasteiger charge is 2.30. The Morgan fingerprint density at radius 2 is 1.86 bits per heavy atom. The van der Waals surface area contributed by atoms with E-state index in [-0.39, 0.29) is 38.2 Å². The number of hydrogen-bond donors (Lipinski definition) is 0. The van der Waals surface area contributed by atoms with Crippen molar-refractivity contribution in [2.45, 2.75) is 11.5 Å². The molecule has 0 N–H and O–H groups in total. The van der Waals surface area contributed by atoms with Crippen LogP contribution in [0.2, 0.25) is 5.15 Å². The second kappa shape index (κ2) is 4.96. The van der Waals surface area contributed by atoms with Gasteiger partial charge in [-0.15, -0.1) is 0 Å². The van der Waals surface area contributed by atoms with Crippen LogP contribution in [0.25, 0.3) is 11.4 Å².